The Kier molecular flexibility index (Phi) is 11.5. The number of aryl methyl sites for hydroxylation is 1. The first kappa shape index (κ1) is 39.8. The van der Waals surface area contributed by atoms with Gasteiger partial charge in [0.1, 0.15) is 18.0 Å². The predicted molar refractivity (Wildman–Crippen MR) is 213 cm³/mol. The fraction of sp³-hybridized carbons (Fsp3) is 0.476. The molecule has 3 aliphatic rings. The number of aromatic nitrogens is 4. The van der Waals surface area contributed by atoms with Crippen molar-refractivity contribution in [3.63, 3.8) is 0 Å². The van der Waals surface area contributed by atoms with E-state index >= 15 is 0 Å². The highest BCUT2D eigenvalue weighted by molar-refractivity contribution is 5.87. The molecular formula is C42H49FN8O8. The Labute approximate surface area is 340 Å². The van der Waals surface area contributed by atoms with Crippen LogP contribution in [-0.2, 0) is 34.6 Å². The average molecular weight is 813 g/mol. The van der Waals surface area contributed by atoms with Gasteiger partial charge >= 0.3 is 11.9 Å². The van der Waals surface area contributed by atoms with Crippen LogP contribution in [0.25, 0.3) is 11.0 Å². The van der Waals surface area contributed by atoms with Crippen molar-refractivity contribution in [3.05, 3.63) is 93.6 Å². The van der Waals surface area contributed by atoms with E-state index < -0.39 is 11.9 Å². The topological polar surface area (TPSA) is 171 Å². The molecule has 1 N–H and O–H groups in total. The summed E-state index contributed by atoms with van der Waals surface area (Å²) >= 11 is 0. The second-order valence-electron chi connectivity index (χ2n) is 15.3. The van der Waals surface area contributed by atoms with Gasteiger partial charge in [-0.3, -0.25) is 9.69 Å². The van der Waals surface area contributed by atoms with E-state index in [0.717, 1.165) is 56.4 Å². The second-order valence-corrected chi connectivity index (χ2v) is 15.3. The standard InChI is InChI=1S/C42H49FN8O8/c1-27-36(59-41(54)58-27)25-57-40(53)44-14-6-15-50-16-11-29-21-34(55-2)35(56-3)22-32(29)42(50)12-9-28(10-13-42)39(52)49-19-17-48(18-20-49)37-31-23-47-51(38(31)46-26-45-37)24-30-7-4-5-8-33(30)43/h4-5,7-8,21-23,26,28H,6,9-20,24-25H2,1-3H3,(H,44,53)/t28-,42-. The van der Waals surface area contributed by atoms with E-state index in [1.54, 1.807) is 50.2 Å². The molecular weight excluding hydrogens is 764 g/mol. The first-order valence-corrected chi connectivity index (χ1v) is 20.1. The SMILES string of the molecule is COc1cc2c(cc1OC)[C@]1(CC[C@@H](C(=O)N3CCN(c4ncnc5c4cnn5Cc4ccccc4F)CC3)CC1)N(CCCNC(=O)OCc1oc(=O)oc1C)CC2. The van der Waals surface area contributed by atoms with Crippen molar-refractivity contribution in [2.45, 2.75) is 64.1 Å². The van der Waals surface area contributed by atoms with Crippen molar-refractivity contribution in [1.29, 1.82) is 0 Å². The summed E-state index contributed by atoms with van der Waals surface area (Å²) in [6.45, 7) is 5.96. The molecule has 3 aromatic heterocycles. The minimum Gasteiger partial charge on any atom is -0.493 e. The largest absolute Gasteiger partial charge is 0.519 e. The third-order valence-corrected chi connectivity index (χ3v) is 12.2. The van der Waals surface area contributed by atoms with E-state index in [0.29, 0.717) is 61.9 Å². The summed E-state index contributed by atoms with van der Waals surface area (Å²) in [5, 5.41) is 8.11. The lowest BCUT2D eigenvalue weighted by molar-refractivity contribution is -0.138. The second kappa shape index (κ2) is 17.1. The van der Waals surface area contributed by atoms with Crippen LogP contribution in [0.3, 0.4) is 0 Å². The molecule has 2 fully saturated rings. The number of halogens is 1. The number of anilines is 1. The number of methoxy groups -OCH3 is 2. The number of carbonyl (C=O) groups excluding carboxylic acids is 2. The molecule has 8 rings (SSSR count). The van der Waals surface area contributed by atoms with Gasteiger partial charge < -0.3 is 38.2 Å². The zero-order chi connectivity index (χ0) is 41.1. The molecule has 17 heteroatoms. The number of hydrogen-bond acceptors (Lipinski definition) is 13. The van der Waals surface area contributed by atoms with Crippen molar-refractivity contribution in [2.24, 2.45) is 5.92 Å². The van der Waals surface area contributed by atoms with Gasteiger partial charge in [-0.05, 0) is 74.8 Å². The fourth-order valence-corrected chi connectivity index (χ4v) is 9.04. The van der Waals surface area contributed by atoms with Gasteiger partial charge in [0.2, 0.25) is 5.91 Å². The number of piperazine rings is 1. The Morgan fingerprint density at radius 2 is 1.76 bits per heavy atom. The molecule has 0 unspecified atom stereocenters. The first-order chi connectivity index (χ1) is 28.7. The van der Waals surface area contributed by atoms with Gasteiger partial charge in [0.05, 0.1) is 32.3 Å². The zero-order valence-corrected chi connectivity index (χ0v) is 33.6. The van der Waals surface area contributed by atoms with Gasteiger partial charge in [-0.1, -0.05) is 18.2 Å². The highest BCUT2D eigenvalue weighted by Crippen LogP contribution is 2.50. The maximum atomic E-state index is 14.4. The van der Waals surface area contributed by atoms with Gasteiger partial charge in [-0.15, -0.1) is 0 Å². The number of carbonyl (C=O) groups is 2. The van der Waals surface area contributed by atoms with Crippen molar-refractivity contribution in [3.8, 4) is 11.5 Å². The van der Waals surface area contributed by atoms with Crippen LogP contribution in [0.1, 0.15) is 60.3 Å². The Hall–Kier alpha value is -5.97. The first-order valence-electron chi connectivity index (χ1n) is 20.1. The van der Waals surface area contributed by atoms with E-state index in [4.69, 9.17) is 23.0 Å². The molecule has 1 saturated carbocycles. The Morgan fingerprint density at radius 1 is 1.00 bits per heavy atom. The summed E-state index contributed by atoms with van der Waals surface area (Å²) in [4.78, 5) is 53.6. The molecule has 1 aliphatic carbocycles. The number of rotatable bonds is 12. The van der Waals surface area contributed by atoms with Gasteiger partial charge in [-0.2, -0.15) is 5.10 Å². The van der Waals surface area contributed by atoms with E-state index in [-0.39, 0.29) is 47.9 Å². The van der Waals surface area contributed by atoms with Crippen molar-refractivity contribution >= 4 is 28.9 Å². The molecule has 312 valence electrons. The highest BCUT2D eigenvalue weighted by atomic mass is 19.1. The van der Waals surface area contributed by atoms with E-state index in [9.17, 15) is 18.8 Å². The lowest BCUT2D eigenvalue weighted by Crippen LogP contribution is -2.55. The number of alkyl carbamates (subject to hydrolysis) is 1. The maximum Gasteiger partial charge on any atom is 0.519 e. The minimum absolute atomic E-state index is 0.0957. The number of hydrogen-bond donors (Lipinski definition) is 1. The fourth-order valence-electron chi connectivity index (χ4n) is 9.04. The van der Waals surface area contributed by atoms with Gasteiger partial charge in [-0.25, -0.2) is 28.6 Å². The summed E-state index contributed by atoms with van der Waals surface area (Å²) in [6.07, 6.45) is 7.23. The molecule has 2 amide bonds. The van der Waals surface area contributed by atoms with Crippen LogP contribution in [0.15, 0.2) is 62.6 Å². The average Bonchev–Trinajstić information content (AvgIpc) is 3.83. The third kappa shape index (κ3) is 8.07. The third-order valence-electron chi connectivity index (χ3n) is 12.2. The summed E-state index contributed by atoms with van der Waals surface area (Å²) in [5.41, 5.74) is 3.28. The number of fused-ring (bicyclic) bond motifs is 3. The van der Waals surface area contributed by atoms with Crippen LogP contribution in [0.4, 0.5) is 15.0 Å². The Bertz CT molecular complexity index is 2360. The zero-order valence-electron chi connectivity index (χ0n) is 33.6. The minimum atomic E-state index is -0.835. The number of ether oxygens (including phenoxy) is 3. The lowest BCUT2D eigenvalue weighted by Gasteiger charge is -2.52. The number of amides is 2. The summed E-state index contributed by atoms with van der Waals surface area (Å²) in [5.74, 6) is 1.55. The molecule has 0 bridgehead atoms. The van der Waals surface area contributed by atoms with Crippen LogP contribution in [-0.4, -0.2) is 102 Å². The molecule has 1 spiro atoms. The molecule has 5 aromatic rings. The van der Waals surface area contributed by atoms with Crippen LogP contribution in [0.2, 0.25) is 0 Å². The monoisotopic (exact) mass is 812 g/mol. The number of nitrogens with one attached hydrogen (secondary N) is 1. The van der Waals surface area contributed by atoms with E-state index in [2.05, 4.69) is 42.3 Å². The molecule has 2 aliphatic heterocycles. The van der Waals surface area contributed by atoms with Crippen molar-refractivity contribution in [1.82, 2.24) is 34.9 Å². The van der Waals surface area contributed by atoms with E-state index in [1.165, 1.54) is 23.5 Å². The molecule has 16 nitrogen and oxygen atoms in total. The van der Waals surface area contributed by atoms with Crippen LogP contribution in [0, 0.1) is 18.7 Å². The summed E-state index contributed by atoms with van der Waals surface area (Å²) in [6, 6.07) is 10.8. The normalized spacial score (nSPS) is 19.5. The van der Waals surface area contributed by atoms with Crippen molar-refractivity contribution in [2.75, 3.05) is 64.9 Å². The molecule has 1 saturated heterocycles. The molecule has 0 atom stereocenters. The number of benzene rings is 2. The summed E-state index contributed by atoms with van der Waals surface area (Å²) < 4.78 is 42.5. The van der Waals surface area contributed by atoms with E-state index in [1.807, 2.05) is 4.90 Å². The quantitative estimate of drug-likeness (QED) is 0.171. The Morgan fingerprint density at radius 3 is 2.49 bits per heavy atom. The smallest absolute Gasteiger partial charge is 0.493 e. The van der Waals surface area contributed by atoms with Gasteiger partial charge in [0, 0.05) is 62.8 Å². The van der Waals surface area contributed by atoms with Crippen molar-refractivity contribution < 1.29 is 37.0 Å². The molecule has 2 aromatic carbocycles. The maximum absolute atomic E-state index is 14.4. The van der Waals surface area contributed by atoms with Gasteiger partial charge in [0.15, 0.2) is 35.3 Å². The predicted octanol–water partition coefficient (Wildman–Crippen LogP) is 4.79. The van der Waals surface area contributed by atoms with Gasteiger partial charge in [0.25, 0.3) is 0 Å². The molecule has 5 heterocycles. The molecule has 0 radical (unpaired) electrons. The highest BCUT2D eigenvalue weighted by Gasteiger charge is 2.47. The van der Waals surface area contributed by atoms with Crippen LogP contribution in [0.5, 0.6) is 11.5 Å². The lowest BCUT2D eigenvalue weighted by atomic mass is 9.68. The summed E-state index contributed by atoms with van der Waals surface area (Å²) in [7, 11) is 3.29. The Balaban J connectivity index is 0.900. The van der Waals surface area contributed by atoms with Crippen LogP contribution < -0.4 is 25.5 Å². The van der Waals surface area contributed by atoms with Crippen LogP contribution >= 0.6 is 0 Å². The number of nitrogens with zero attached hydrogens (tertiary/aromatic N) is 7. The molecule has 59 heavy (non-hydrogen) atoms.